The van der Waals surface area contributed by atoms with E-state index in [4.69, 9.17) is 14.6 Å². The van der Waals surface area contributed by atoms with Gasteiger partial charge in [0.1, 0.15) is 5.82 Å². The molecule has 3 heterocycles. The second-order valence-corrected chi connectivity index (χ2v) is 8.31. The van der Waals surface area contributed by atoms with Crippen LogP contribution < -0.4 is 14.8 Å². The molecule has 142 valence electrons. The molecule has 0 fully saturated rings. The molecule has 2 atom stereocenters. The third-order valence-corrected chi connectivity index (χ3v) is 6.42. The number of hydrogen-bond acceptors (Lipinski definition) is 5. The summed E-state index contributed by atoms with van der Waals surface area (Å²) in [6, 6.07) is 15.8. The van der Waals surface area contributed by atoms with Gasteiger partial charge in [-0.1, -0.05) is 24.3 Å². The number of benzene rings is 2. The second kappa shape index (κ2) is 6.60. The Kier molecular flexibility index (Phi) is 4.05. The highest BCUT2D eigenvalue weighted by atomic mass is 32.2. The molecule has 0 radical (unpaired) electrons. The first-order chi connectivity index (χ1) is 13.6. The van der Waals surface area contributed by atoms with E-state index in [1.165, 1.54) is 0 Å². The van der Waals surface area contributed by atoms with E-state index in [-0.39, 0.29) is 23.2 Å². The van der Waals surface area contributed by atoms with Gasteiger partial charge in [0.15, 0.2) is 11.5 Å². The van der Waals surface area contributed by atoms with Crippen molar-refractivity contribution < 1.29 is 14.3 Å². The Morgan fingerprint density at radius 3 is 2.75 bits per heavy atom. The number of carbonyl (C=O) groups is 1. The Bertz CT molecular complexity index is 1060. The number of carbonyl (C=O) groups excluding carboxylic acids is 1. The first-order valence-electron chi connectivity index (χ1n) is 9.12. The highest BCUT2D eigenvalue weighted by molar-refractivity contribution is 8.01. The number of hydrogen-bond donors (Lipinski definition) is 1. The summed E-state index contributed by atoms with van der Waals surface area (Å²) in [5.74, 6) is 2.20. The molecule has 0 spiro atoms. The van der Waals surface area contributed by atoms with Gasteiger partial charge in [0.05, 0.1) is 21.9 Å². The molecule has 0 saturated heterocycles. The minimum atomic E-state index is -0.202. The topological polar surface area (TPSA) is 65.4 Å². The monoisotopic (exact) mass is 393 g/mol. The molecule has 2 aromatic carbocycles. The lowest BCUT2D eigenvalue weighted by Crippen LogP contribution is -2.22. The van der Waals surface area contributed by atoms with E-state index in [0.29, 0.717) is 0 Å². The molecule has 6 nitrogen and oxygen atoms in total. The first kappa shape index (κ1) is 17.2. The number of ether oxygens (including phenoxy) is 2. The largest absolute Gasteiger partial charge is 0.454 e. The van der Waals surface area contributed by atoms with Crippen LogP contribution in [0.4, 0.5) is 5.82 Å². The van der Waals surface area contributed by atoms with E-state index in [1.54, 1.807) is 11.8 Å². The zero-order chi connectivity index (χ0) is 19.3. The number of amides is 1. The summed E-state index contributed by atoms with van der Waals surface area (Å²) in [6.45, 7) is 4.16. The maximum Gasteiger partial charge on any atom is 0.238 e. The van der Waals surface area contributed by atoms with Gasteiger partial charge in [0.2, 0.25) is 12.7 Å². The summed E-state index contributed by atoms with van der Waals surface area (Å²) < 4.78 is 12.8. The van der Waals surface area contributed by atoms with Crippen molar-refractivity contribution in [2.24, 2.45) is 0 Å². The number of rotatable bonds is 2. The summed E-state index contributed by atoms with van der Waals surface area (Å²) in [7, 11) is 0. The predicted octanol–water partition coefficient (Wildman–Crippen LogP) is 4.07. The van der Waals surface area contributed by atoms with Crippen molar-refractivity contribution >= 4 is 23.5 Å². The Labute approximate surface area is 166 Å². The van der Waals surface area contributed by atoms with Gasteiger partial charge in [-0.2, -0.15) is 5.10 Å². The lowest BCUT2D eigenvalue weighted by molar-refractivity contribution is -0.115. The average Bonchev–Trinajstić information content (AvgIpc) is 3.27. The number of thioether (sulfide) groups is 1. The van der Waals surface area contributed by atoms with E-state index in [1.807, 2.05) is 67.1 Å². The molecule has 1 amide bonds. The molecular formula is C21H19N3O3S. The van der Waals surface area contributed by atoms with Crippen LogP contribution >= 0.6 is 11.8 Å². The molecule has 1 N–H and O–H groups in total. The number of aryl methyl sites for hydroxylation is 1. The molecule has 7 heteroatoms. The first-order valence-corrected chi connectivity index (χ1v) is 10.1. The number of fused-ring (bicyclic) bond motifs is 2. The molecule has 0 aliphatic carbocycles. The highest BCUT2D eigenvalue weighted by Crippen LogP contribution is 2.48. The SMILES string of the molecule is Cc1nn(-c2ccccc2)c2c1[C@H](c1ccc3c(c1)OCO3)S[C@@H](C)C(=O)N2. The summed E-state index contributed by atoms with van der Waals surface area (Å²) in [4.78, 5) is 12.7. The van der Waals surface area contributed by atoms with E-state index < -0.39 is 0 Å². The molecule has 28 heavy (non-hydrogen) atoms. The van der Waals surface area contributed by atoms with E-state index in [9.17, 15) is 4.79 Å². The normalized spacial score (nSPS) is 20.4. The van der Waals surface area contributed by atoms with Crippen LogP contribution in [0.5, 0.6) is 11.5 Å². The van der Waals surface area contributed by atoms with Crippen molar-refractivity contribution in [1.29, 1.82) is 0 Å². The van der Waals surface area contributed by atoms with Gasteiger partial charge in [-0.15, -0.1) is 11.8 Å². The third-order valence-electron chi connectivity index (χ3n) is 5.02. The molecule has 5 rings (SSSR count). The lowest BCUT2D eigenvalue weighted by Gasteiger charge is -2.17. The molecule has 3 aromatic rings. The number of para-hydroxylation sites is 1. The molecule has 2 aliphatic heterocycles. The second-order valence-electron chi connectivity index (χ2n) is 6.86. The van der Waals surface area contributed by atoms with Crippen LogP contribution in [0.25, 0.3) is 5.69 Å². The standard InChI is InChI=1S/C21H19N3O3S/c1-12-18-19(14-8-9-16-17(10-14)27-11-26-16)28-13(2)21(25)22-20(18)24(23-12)15-6-4-3-5-7-15/h3-10,13,19H,11H2,1-2H3,(H,22,25)/t13-,19-/m0/s1. The fraction of sp³-hybridized carbons (Fsp3) is 0.238. The van der Waals surface area contributed by atoms with Crippen LogP contribution in [0, 0.1) is 6.92 Å². The van der Waals surface area contributed by atoms with Gasteiger partial charge in [-0.3, -0.25) is 4.79 Å². The highest BCUT2D eigenvalue weighted by Gasteiger charge is 2.34. The summed E-state index contributed by atoms with van der Waals surface area (Å²) in [6.07, 6.45) is 0. The number of anilines is 1. The van der Waals surface area contributed by atoms with E-state index in [0.717, 1.165) is 39.8 Å². The number of aromatic nitrogens is 2. The maximum atomic E-state index is 12.7. The van der Waals surface area contributed by atoms with Crippen molar-refractivity contribution in [1.82, 2.24) is 9.78 Å². The number of nitrogens with one attached hydrogen (secondary N) is 1. The van der Waals surface area contributed by atoms with Gasteiger partial charge in [0.25, 0.3) is 0 Å². The van der Waals surface area contributed by atoms with E-state index in [2.05, 4.69) is 5.32 Å². The van der Waals surface area contributed by atoms with Gasteiger partial charge in [-0.05, 0) is 43.7 Å². The summed E-state index contributed by atoms with van der Waals surface area (Å²) >= 11 is 1.62. The summed E-state index contributed by atoms with van der Waals surface area (Å²) in [5, 5.41) is 7.59. The van der Waals surface area contributed by atoms with Crippen molar-refractivity contribution in [3.05, 3.63) is 65.4 Å². The van der Waals surface area contributed by atoms with Gasteiger partial charge >= 0.3 is 0 Å². The maximum absolute atomic E-state index is 12.7. The van der Waals surface area contributed by atoms with Crippen LogP contribution in [0.2, 0.25) is 0 Å². The molecule has 0 bridgehead atoms. The van der Waals surface area contributed by atoms with Gasteiger partial charge < -0.3 is 14.8 Å². The Balaban J connectivity index is 1.68. The van der Waals surface area contributed by atoms with Crippen molar-refractivity contribution in [2.45, 2.75) is 24.3 Å². The molecule has 1 aromatic heterocycles. The molecule has 0 saturated carbocycles. The van der Waals surface area contributed by atoms with Crippen LogP contribution in [0.15, 0.2) is 48.5 Å². The Morgan fingerprint density at radius 1 is 1.14 bits per heavy atom. The fourth-order valence-corrected chi connectivity index (χ4v) is 4.92. The third kappa shape index (κ3) is 2.74. The van der Waals surface area contributed by atoms with Gasteiger partial charge in [-0.25, -0.2) is 4.68 Å². The van der Waals surface area contributed by atoms with Crippen LogP contribution in [-0.2, 0) is 4.79 Å². The predicted molar refractivity (Wildman–Crippen MR) is 108 cm³/mol. The molecule has 2 aliphatic rings. The Morgan fingerprint density at radius 2 is 1.93 bits per heavy atom. The van der Waals surface area contributed by atoms with Crippen LogP contribution in [0.3, 0.4) is 0 Å². The van der Waals surface area contributed by atoms with E-state index >= 15 is 0 Å². The zero-order valence-electron chi connectivity index (χ0n) is 15.5. The van der Waals surface area contributed by atoms with Crippen LogP contribution in [0.1, 0.15) is 29.0 Å². The summed E-state index contributed by atoms with van der Waals surface area (Å²) in [5.41, 5.74) is 3.89. The molecule has 0 unspecified atom stereocenters. The molecular weight excluding hydrogens is 374 g/mol. The van der Waals surface area contributed by atoms with Gasteiger partial charge in [0, 0.05) is 5.56 Å². The van der Waals surface area contributed by atoms with Crippen molar-refractivity contribution in [3.63, 3.8) is 0 Å². The lowest BCUT2D eigenvalue weighted by atomic mass is 10.0. The van der Waals surface area contributed by atoms with Crippen LogP contribution in [-0.4, -0.2) is 27.7 Å². The minimum Gasteiger partial charge on any atom is -0.454 e. The number of nitrogens with zero attached hydrogens (tertiary/aromatic N) is 2. The quantitative estimate of drug-likeness (QED) is 0.711. The average molecular weight is 393 g/mol. The Hall–Kier alpha value is -2.93. The minimum absolute atomic E-state index is 0.0217. The zero-order valence-corrected chi connectivity index (χ0v) is 16.3. The van der Waals surface area contributed by atoms with Crippen molar-refractivity contribution in [2.75, 3.05) is 12.1 Å². The van der Waals surface area contributed by atoms with Crippen molar-refractivity contribution in [3.8, 4) is 17.2 Å². The smallest absolute Gasteiger partial charge is 0.238 e. The fourth-order valence-electron chi connectivity index (χ4n) is 3.60.